The van der Waals surface area contributed by atoms with E-state index in [-0.39, 0.29) is 0 Å². The summed E-state index contributed by atoms with van der Waals surface area (Å²) in [6, 6.07) is 1.95. The summed E-state index contributed by atoms with van der Waals surface area (Å²) in [6.45, 7) is 4.55. The maximum atomic E-state index is 5.67. The molecular formula is C11H17NO2. The molecule has 3 nitrogen and oxygen atoms in total. The Bertz CT molecular complexity index is 335. The zero-order chi connectivity index (χ0) is 10.7. The van der Waals surface area contributed by atoms with Crippen LogP contribution >= 0.6 is 0 Å². The first-order valence-electron chi connectivity index (χ1n) is 4.56. The van der Waals surface area contributed by atoms with Crippen LogP contribution < -0.4 is 15.2 Å². The summed E-state index contributed by atoms with van der Waals surface area (Å²) < 4.78 is 10.5. The SMILES string of the molecule is COc1cc(C)c(CN)c(C)c1OC. The fourth-order valence-corrected chi connectivity index (χ4v) is 1.69. The lowest BCUT2D eigenvalue weighted by Gasteiger charge is -2.15. The van der Waals surface area contributed by atoms with Crippen molar-refractivity contribution in [1.82, 2.24) is 0 Å². The van der Waals surface area contributed by atoms with Gasteiger partial charge in [0.1, 0.15) is 0 Å². The number of rotatable bonds is 3. The van der Waals surface area contributed by atoms with Crippen LogP contribution in [0.5, 0.6) is 11.5 Å². The summed E-state index contributed by atoms with van der Waals surface area (Å²) in [5, 5.41) is 0. The van der Waals surface area contributed by atoms with Gasteiger partial charge in [0, 0.05) is 6.54 Å². The van der Waals surface area contributed by atoms with Gasteiger partial charge in [-0.05, 0) is 36.6 Å². The van der Waals surface area contributed by atoms with Gasteiger partial charge in [-0.15, -0.1) is 0 Å². The molecule has 0 amide bonds. The lowest BCUT2D eigenvalue weighted by Crippen LogP contribution is -2.05. The summed E-state index contributed by atoms with van der Waals surface area (Å²) in [5.41, 5.74) is 9.00. The summed E-state index contributed by atoms with van der Waals surface area (Å²) >= 11 is 0. The van der Waals surface area contributed by atoms with Gasteiger partial charge in [0.2, 0.25) is 0 Å². The third kappa shape index (κ3) is 1.68. The number of nitrogens with two attached hydrogens (primary N) is 1. The molecule has 0 atom stereocenters. The third-order valence-corrected chi connectivity index (χ3v) is 2.47. The highest BCUT2D eigenvalue weighted by molar-refractivity contribution is 5.53. The highest BCUT2D eigenvalue weighted by Crippen LogP contribution is 2.34. The van der Waals surface area contributed by atoms with E-state index in [1.165, 1.54) is 0 Å². The predicted molar refractivity (Wildman–Crippen MR) is 56.9 cm³/mol. The van der Waals surface area contributed by atoms with Gasteiger partial charge >= 0.3 is 0 Å². The molecule has 1 aromatic carbocycles. The Balaban J connectivity index is 3.39. The Morgan fingerprint density at radius 1 is 1.21 bits per heavy atom. The Kier molecular flexibility index (Phi) is 3.36. The van der Waals surface area contributed by atoms with Crippen LogP contribution in [0.2, 0.25) is 0 Å². The highest BCUT2D eigenvalue weighted by Gasteiger charge is 2.12. The zero-order valence-electron chi connectivity index (χ0n) is 9.18. The normalized spacial score (nSPS) is 10.1. The molecule has 78 valence electrons. The third-order valence-electron chi connectivity index (χ3n) is 2.47. The van der Waals surface area contributed by atoms with Crippen molar-refractivity contribution < 1.29 is 9.47 Å². The van der Waals surface area contributed by atoms with Crippen molar-refractivity contribution in [3.05, 3.63) is 22.8 Å². The van der Waals surface area contributed by atoms with Crippen molar-refractivity contribution in [3.63, 3.8) is 0 Å². The standard InChI is InChI=1S/C11H17NO2/c1-7-5-10(13-3)11(14-4)8(2)9(7)6-12/h5H,6,12H2,1-4H3. The molecule has 0 aliphatic heterocycles. The van der Waals surface area contributed by atoms with E-state index < -0.39 is 0 Å². The second-order valence-corrected chi connectivity index (χ2v) is 3.24. The molecule has 0 bridgehead atoms. The molecule has 0 heterocycles. The molecular weight excluding hydrogens is 178 g/mol. The van der Waals surface area contributed by atoms with Gasteiger partial charge in [-0.25, -0.2) is 0 Å². The second kappa shape index (κ2) is 4.33. The molecule has 14 heavy (non-hydrogen) atoms. The van der Waals surface area contributed by atoms with Crippen molar-refractivity contribution in [2.75, 3.05) is 14.2 Å². The molecule has 0 radical (unpaired) electrons. The first kappa shape index (κ1) is 10.9. The quantitative estimate of drug-likeness (QED) is 0.799. The lowest BCUT2D eigenvalue weighted by atomic mass is 10.0. The van der Waals surface area contributed by atoms with E-state index in [4.69, 9.17) is 15.2 Å². The van der Waals surface area contributed by atoms with Crippen LogP contribution in [0, 0.1) is 13.8 Å². The number of aryl methyl sites for hydroxylation is 1. The van der Waals surface area contributed by atoms with Crippen molar-refractivity contribution in [2.45, 2.75) is 20.4 Å². The van der Waals surface area contributed by atoms with Crippen LogP contribution in [0.4, 0.5) is 0 Å². The van der Waals surface area contributed by atoms with Crippen LogP contribution in [0.1, 0.15) is 16.7 Å². The Morgan fingerprint density at radius 2 is 1.86 bits per heavy atom. The lowest BCUT2D eigenvalue weighted by molar-refractivity contribution is 0.352. The van der Waals surface area contributed by atoms with E-state index in [0.29, 0.717) is 6.54 Å². The van der Waals surface area contributed by atoms with E-state index in [9.17, 15) is 0 Å². The van der Waals surface area contributed by atoms with E-state index in [1.54, 1.807) is 14.2 Å². The minimum absolute atomic E-state index is 0.526. The van der Waals surface area contributed by atoms with Crippen molar-refractivity contribution in [1.29, 1.82) is 0 Å². The van der Waals surface area contributed by atoms with E-state index in [1.807, 2.05) is 19.9 Å². The highest BCUT2D eigenvalue weighted by atomic mass is 16.5. The molecule has 2 N–H and O–H groups in total. The molecule has 0 aliphatic rings. The molecule has 0 spiro atoms. The number of hydrogen-bond acceptors (Lipinski definition) is 3. The number of methoxy groups -OCH3 is 2. The van der Waals surface area contributed by atoms with E-state index >= 15 is 0 Å². The summed E-state index contributed by atoms with van der Waals surface area (Å²) in [5.74, 6) is 1.54. The number of hydrogen-bond donors (Lipinski definition) is 1. The maximum absolute atomic E-state index is 5.67. The molecule has 0 fully saturated rings. The van der Waals surface area contributed by atoms with Gasteiger partial charge in [-0.2, -0.15) is 0 Å². The first-order chi connectivity index (χ1) is 6.65. The first-order valence-corrected chi connectivity index (χ1v) is 4.56. The summed E-state index contributed by atoms with van der Waals surface area (Å²) in [4.78, 5) is 0. The van der Waals surface area contributed by atoms with Crippen molar-refractivity contribution in [2.24, 2.45) is 5.73 Å². The molecule has 0 saturated heterocycles. The molecule has 0 saturated carbocycles. The van der Waals surface area contributed by atoms with Gasteiger partial charge in [-0.3, -0.25) is 0 Å². The Morgan fingerprint density at radius 3 is 2.29 bits per heavy atom. The van der Waals surface area contributed by atoms with Gasteiger partial charge in [0.25, 0.3) is 0 Å². The van der Waals surface area contributed by atoms with Gasteiger partial charge < -0.3 is 15.2 Å². The van der Waals surface area contributed by atoms with Crippen LogP contribution in [-0.4, -0.2) is 14.2 Å². The van der Waals surface area contributed by atoms with Gasteiger partial charge in [0.15, 0.2) is 11.5 Å². The molecule has 0 aliphatic carbocycles. The fourth-order valence-electron chi connectivity index (χ4n) is 1.69. The molecule has 0 aromatic heterocycles. The van der Waals surface area contributed by atoms with Gasteiger partial charge in [0.05, 0.1) is 14.2 Å². The smallest absolute Gasteiger partial charge is 0.163 e. The zero-order valence-corrected chi connectivity index (χ0v) is 9.18. The van der Waals surface area contributed by atoms with E-state index in [0.717, 1.165) is 28.2 Å². The topological polar surface area (TPSA) is 44.5 Å². The van der Waals surface area contributed by atoms with E-state index in [2.05, 4.69) is 0 Å². The number of ether oxygens (including phenoxy) is 2. The maximum Gasteiger partial charge on any atom is 0.163 e. The molecule has 0 unspecified atom stereocenters. The minimum Gasteiger partial charge on any atom is -0.493 e. The molecule has 1 aromatic rings. The average Bonchev–Trinajstić information content (AvgIpc) is 2.17. The monoisotopic (exact) mass is 195 g/mol. The summed E-state index contributed by atoms with van der Waals surface area (Å²) in [6.07, 6.45) is 0. The predicted octanol–water partition coefficient (Wildman–Crippen LogP) is 1.78. The Labute approximate surface area is 84.8 Å². The minimum atomic E-state index is 0.526. The van der Waals surface area contributed by atoms with Crippen LogP contribution in [-0.2, 0) is 6.54 Å². The molecule has 1 rings (SSSR count). The van der Waals surface area contributed by atoms with Crippen molar-refractivity contribution >= 4 is 0 Å². The fraction of sp³-hybridized carbons (Fsp3) is 0.455. The van der Waals surface area contributed by atoms with Crippen molar-refractivity contribution in [3.8, 4) is 11.5 Å². The van der Waals surface area contributed by atoms with Crippen LogP contribution in [0.25, 0.3) is 0 Å². The second-order valence-electron chi connectivity index (χ2n) is 3.24. The van der Waals surface area contributed by atoms with Crippen LogP contribution in [0.15, 0.2) is 6.07 Å². The van der Waals surface area contributed by atoms with Gasteiger partial charge in [-0.1, -0.05) is 0 Å². The largest absolute Gasteiger partial charge is 0.493 e. The summed E-state index contributed by atoms with van der Waals surface area (Å²) in [7, 11) is 3.28. The Hall–Kier alpha value is -1.22. The molecule has 3 heteroatoms. The van der Waals surface area contributed by atoms with Crippen LogP contribution in [0.3, 0.4) is 0 Å². The number of benzene rings is 1. The average molecular weight is 195 g/mol.